The third-order valence-electron chi connectivity index (χ3n) is 6.51. The van der Waals surface area contributed by atoms with Gasteiger partial charge in [-0.25, -0.2) is 8.42 Å². The molecule has 2 amide bonds. The molecule has 198 valence electrons. The molecule has 1 N–H and O–H groups in total. The fourth-order valence-electron chi connectivity index (χ4n) is 4.03. The number of carbonyl (C=O) groups is 2. The summed E-state index contributed by atoms with van der Waals surface area (Å²) in [6.07, 6.45) is 2.94. The molecular weight excluding hydrogens is 474 g/mol. The predicted molar refractivity (Wildman–Crippen MR) is 146 cm³/mol. The summed E-state index contributed by atoms with van der Waals surface area (Å²) in [5.41, 5.74) is 3.62. The number of anilines is 1. The molecule has 0 aromatic heterocycles. The topological polar surface area (TPSA) is 86.8 Å². The van der Waals surface area contributed by atoms with Gasteiger partial charge in [-0.05, 0) is 68.9 Å². The molecule has 0 spiro atoms. The van der Waals surface area contributed by atoms with Gasteiger partial charge in [-0.3, -0.25) is 13.9 Å². The number of hydrogen-bond acceptors (Lipinski definition) is 4. The zero-order valence-electron chi connectivity index (χ0n) is 22.5. The molecule has 0 aliphatic heterocycles. The summed E-state index contributed by atoms with van der Waals surface area (Å²) < 4.78 is 26.4. The maximum Gasteiger partial charge on any atom is 0.243 e. The van der Waals surface area contributed by atoms with Crippen molar-refractivity contribution in [2.45, 2.75) is 78.9 Å². The Morgan fingerprint density at radius 1 is 0.972 bits per heavy atom. The van der Waals surface area contributed by atoms with Crippen molar-refractivity contribution in [1.82, 2.24) is 10.2 Å². The molecule has 8 heteroatoms. The van der Waals surface area contributed by atoms with Crippen molar-refractivity contribution in [1.29, 1.82) is 0 Å². The second-order valence-corrected chi connectivity index (χ2v) is 11.4. The predicted octanol–water partition coefficient (Wildman–Crippen LogP) is 4.57. The maximum atomic E-state index is 13.5. The van der Waals surface area contributed by atoms with Crippen LogP contribution in [0.2, 0.25) is 0 Å². The Labute approximate surface area is 216 Å². The minimum Gasteiger partial charge on any atom is -0.352 e. The molecule has 2 atom stereocenters. The van der Waals surface area contributed by atoms with Gasteiger partial charge in [0.2, 0.25) is 21.8 Å². The number of amides is 2. The Bertz CT molecular complexity index is 1120. The number of nitrogens with one attached hydrogen (secondary N) is 1. The van der Waals surface area contributed by atoms with Gasteiger partial charge in [0.15, 0.2) is 0 Å². The van der Waals surface area contributed by atoms with Crippen LogP contribution in [-0.2, 0) is 26.2 Å². The molecule has 2 rings (SSSR count). The molecule has 0 aliphatic rings. The van der Waals surface area contributed by atoms with Crippen LogP contribution < -0.4 is 9.62 Å². The second-order valence-electron chi connectivity index (χ2n) is 9.46. The van der Waals surface area contributed by atoms with Crippen LogP contribution in [0.1, 0.15) is 63.1 Å². The van der Waals surface area contributed by atoms with E-state index in [2.05, 4.69) is 5.32 Å². The summed E-state index contributed by atoms with van der Waals surface area (Å²) >= 11 is 0. The third-order valence-corrected chi connectivity index (χ3v) is 7.71. The van der Waals surface area contributed by atoms with Gasteiger partial charge in [-0.2, -0.15) is 0 Å². The number of aryl methyl sites for hydroxylation is 2. The summed E-state index contributed by atoms with van der Waals surface area (Å²) in [6.45, 7) is 10.3. The molecule has 0 bridgehead atoms. The fourth-order valence-corrected chi connectivity index (χ4v) is 4.98. The lowest BCUT2D eigenvalue weighted by Crippen LogP contribution is -2.50. The molecule has 0 fully saturated rings. The molecule has 0 radical (unpaired) electrons. The molecule has 0 heterocycles. The standard InChI is InChI=1S/C28H41N3O4S/c1-7-23(5)29-28(33)26(8-2)30(20-24-13-10-9-11-14-24)27(32)15-12-18-31(36(6,34)35)25-17-16-21(3)22(4)19-25/h9-11,13-14,16-17,19,23,26H,7-8,12,15,18,20H2,1-6H3,(H,29,33)/t23-,26-/m1/s1. The second kappa shape index (κ2) is 13.4. The minimum atomic E-state index is -3.52. The first kappa shape index (κ1) is 29.4. The molecule has 0 unspecified atom stereocenters. The van der Waals surface area contributed by atoms with Gasteiger partial charge < -0.3 is 10.2 Å². The Kier molecular flexibility index (Phi) is 11.0. The number of sulfonamides is 1. The summed E-state index contributed by atoms with van der Waals surface area (Å²) in [5, 5.41) is 3.01. The number of hydrogen-bond donors (Lipinski definition) is 1. The number of rotatable bonds is 13. The van der Waals surface area contributed by atoms with Crippen molar-refractivity contribution >= 4 is 27.5 Å². The van der Waals surface area contributed by atoms with Crippen LogP contribution in [0.25, 0.3) is 0 Å². The lowest BCUT2D eigenvalue weighted by molar-refractivity contribution is -0.141. The first-order valence-electron chi connectivity index (χ1n) is 12.7. The van der Waals surface area contributed by atoms with Gasteiger partial charge in [-0.15, -0.1) is 0 Å². The first-order chi connectivity index (χ1) is 17.0. The van der Waals surface area contributed by atoms with E-state index in [0.29, 0.717) is 25.1 Å². The van der Waals surface area contributed by atoms with E-state index in [0.717, 1.165) is 23.1 Å². The van der Waals surface area contributed by atoms with Gasteiger partial charge >= 0.3 is 0 Å². The van der Waals surface area contributed by atoms with E-state index in [4.69, 9.17) is 0 Å². The van der Waals surface area contributed by atoms with Crippen molar-refractivity contribution in [2.75, 3.05) is 17.1 Å². The SMILES string of the molecule is CC[C@@H](C)NC(=O)[C@@H](CC)N(Cc1ccccc1)C(=O)CCCN(c1ccc(C)c(C)c1)S(C)(=O)=O. The zero-order valence-corrected chi connectivity index (χ0v) is 23.3. The fraction of sp³-hybridized carbons (Fsp3) is 0.500. The normalized spacial score (nSPS) is 13.1. The Morgan fingerprint density at radius 2 is 1.64 bits per heavy atom. The maximum absolute atomic E-state index is 13.5. The van der Waals surface area contributed by atoms with Crippen molar-refractivity contribution < 1.29 is 18.0 Å². The molecule has 0 aliphatic carbocycles. The smallest absolute Gasteiger partial charge is 0.243 e. The average molecular weight is 516 g/mol. The van der Waals surface area contributed by atoms with E-state index < -0.39 is 16.1 Å². The van der Waals surface area contributed by atoms with E-state index in [-0.39, 0.29) is 30.8 Å². The van der Waals surface area contributed by atoms with Crippen molar-refractivity contribution in [2.24, 2.45) is 0 Å². The monoisotopic (exact) mass is 515 g/mol. The molecule has 0 saturated heterocycles. The van der Waals surface area contributed by atoms with Crippen molar-refractivity contribution in [3.8, 4) is 0 Å². The van der Waals surface area contributed by atoms with Crippen LogP contribution in [0.5, 0.6) is 0 Å². The Hall–Kier alpha value is -2.87. The van der Waals surface area contributed by atoms with E-state index in [1.54, 1.807) is 11.0 Å². The molecule has 36 heavy (non-hydrogen) atoms. The van der Waals surface area contributed by atoms with E-state index in [1.807, 2.05) is 77.1 Å². The van der Waals surface area contributed by atoms with E-state index >= 15 is 0 Å². The van der Waals surface area contributed by atoms with Gasteiger partial charge in [0.1, 0.15) is 6.04 Å². The number of nitrogens with zero attached hydrogens (tertiary/aromatic N) is 2. The lowest BCUT2D eigenvalue weighted by Gasteiger charge is -2.32. The van der Waals surface area contributed by atoms with Gasteiger partial charge in [0.25, 0.3) is 0 Å². The lowest BCUT2D eigenvalue weighted by atomic mass is 10.1. The number of benzene rings is 2. The highest BCUT2D eigenvalue weighted by molar-refractivity contribution is 7.92. The quantitative estimate of drug-likeness (QED) is 0.423. The van der Waals surface area contributed by atoms with Crippen LogP contribution in [-0.4, -0.2) is 50.0 Å². The number of carbonyl (C=O) groups excluding carboxylic acids is 2. The summed E-state index contributed by atoms with van der Waals surface area (Å²) in [6, 6.07) is 14.6. The van der Waals surface area contributed by atoms with Gasteiger partial charge in [0.05, 0.1) is 11.9 Å². The van der Waals surface area contributed by atoms with E-state index in [1.165, 1.54) is 10.6 Å². The van der Waals surface area contributed by atoms with Crippen LogP contribution in [0, 0.1) is 13.8 Å². The van der Waals surface area contributed by atoms with Gasteiger partial charge in [0, 0.05) is 25.6 Å². The Morgan fingerprint density at radius 3 is 2.19 bits per heavy atom. The van der Waals surface area contributed by atoms with Crippen LogP contribution in [0.4, 0.5) is 5.69 Å². The summed E-state index contributed by atoms with van der Waals surface area (Å²) in [4.78, 5) is 28.1. The van der Waals surface area contributed by atoms with E-state index in [9.17, 15) is 18.0 Å². The first-order valence-corrected chi connectivity index (χ1v) is 14.5. The van der Waals surface area contributed by atoms with Crippen molar-refractivity contribution in [3.05, 3.63) is 65.2 Å². The molecule has 2 aromatic rings. The van der Waals surface area contributed by atoms with Crippen LogP contribution in [0.15, 0.2) is 48.5 Å². The molecule has 7 nitrogen and oxygen atoms in total. The molecule has 2 aromatic carbocycles. The summed E-state index contributed by atoms with van der Waals surface area (Å²) in [5.74, 6) is -0.331. The van der Waals surface area contributed by atoms with Crippen LogP contribution in [0.3, 0.4) is 0 Å². The van der Waals surface area contributed by atoms with Crippen molar-refractivity contribution in [3.63, 3.8) is 0 Å². The molecule has 0 saturated carbocycles. The summed E-state index contributed by atoms with van der Waals surface area (Å²) in [7, 11) is -3.52. The third kappa shape index (κ3) is 8.36. The minimum absolute atomic E-state index is 0.0153. The Balaban J connectivity index is 2.21. The highest BCUT2D eigenvalue weighted by Gasteiger charge is 2.29. The zero-order chi connectivity index (χ0) is 26.9. The average Bonchev–Trinajstić information content (AvgIpc) is 2.83. The van der Waals surface area contributed by atoms with Crippen LogP contribution >= 0.6 is 0 Å². The highest BCUT2D eigenvalue weighted by Crippen LogP contribution is 2.22. The largest absolute Gasteiger partial charge is 0.352 e. The molecular formula is C28H41N3O4S. The van der Waals surface area contributed by atoms with Gasteiger partial charge in [-0.1, -0.05) is 50.2 Å². The highest BCUT2D eigenvalue weighted by atomic mass is 32.2.